The molecule has 2 bridgehead atoms. The molecule has 4 unspecified atom stereocenters. The number of rotatable bonds is 6. The molecule has 2 aliphatic carbocycles. The minimum atomic E-state index is -0.558. The summed E-state index contributed by atoms with van der Waals surface area (Å²) >= 11 is 0. The average molecular weight is 566 g/mol. The highest BCUT2D eigenvalue weighted by Crippen LogP contribution is 2.61. The van der Waals surface area contributed by atoms with Crippen molar-refractivity contribution in [1.82, 2.24) is 10.4 Å². The smallest absolute Gasteiger partial charge is 0.275 e. The second-order valence-electron chi connectivity index (χ2n) is 12.4. The molecule has 220 valence electrons. The van der Waals surface area contributed by atoms with Crippen molar-refractivity contribution in [2.24, 2.45) is 28.8 Å². The molecule has 41 heavy (non-hydrogen) atoms. The Morgan fingerprint density at radius 3 is 2.83 bits per heavy atom. The van der Waals surface area contributed by atoms with Crippen LogP contribution in [0.5, 0.6) is 11.5 Å². The van der Waals surface area contributed by atoms with Crippen molar-refractivity contribution in [3.63, 3.8) is 0 Å². The molecule has 1 spiro atoms. The highest BCUT2D eigenvalue weighted by molar-refractivity contribution is 5.97. The first kappa shape index (κ1) is 28.1. The lowest BCUT2D eigenvalue weighted by atomic mass is 9.56. The van der Waals surface area contributed by atoms with Crippen LogP contribution in [0.3, 0.4) is 0 Å². The van der Waals surface area contributed by atoms with Crippen molar-refractivity contribution in [2.45, 2.75) is 90.0 Å². The topological polar surface area (TPSA) is 132 Å². The van der Waals surface area contributed by atoms with E-state index < -0.39 is 23.4 Å². The van der Waals surface area contributed by atoms with Crippen LogP contribution < -0.4 is 10.2 Å². The van der Waals surface area contributed by atoms with E-state index >= 15 is 0 Å². The van der Waals surface area contributed by atoms with E-state index in [1.54, 1.807) is 25.1 Å². The summed E-state index contributed by atoms with van der Waals surface area (Å²) in [4.78, 5) is 29.7. The Bertz CT molecular complexity index is 1350. The summed E-state index contributed by atoms with van der Waals surface area (Å²) < 4.78 is 13.2. The van der Waals surface area contributed by atoms with Gasteiger partial charge >= 0.3 is 0 Å². The molecule has 4 heterocycles. The largest absolute Gasteiger partial charge is 0.506 e. The predicted octanol–water partition coefficient (Wildman–Crippen LogP) is 4.40. The van der Waals surface area contributed by atoms with Gasteiger partial charge in [-0.3, -0.25) is 9.78 Å². The fraction of sp³-hybridized carbons (Fsp3) is 0.581. The van der Waals surface area contributed by atoms with E-state index in [0.717, 1.165) is 32.1 Å². The average Bonchev–Trinajstić information content (AvgIpc) is 3.19. The Labute approximate surface area is 240 Å². The zero-order chi connectivity index (χ0) is 28.9. The number of amides is 1. The highest BCUT2D eigenvalue weighted by atomic mass is 17.2. The fourth-order valence-electron chi connectivity index (χ4n) is 7.65. The van der Waals surface area contributed by atoms with Gasteiger partial charge in [-0.25, -0.2) is 15.2 Å². The molecule has 3 N–H and O–H groups in total. The number of ether oxygens (including phenoxy) is 2. The standard InChI is InChI=1S/C31H39N3O7/c1-17-9-10-24-18(2)29(39-27-13-30(4)12-11-23(17)31(24,27)41-40-30)38-26-8-6-5-7-20(26)28(37)34-33-14-21-22(16-35)19(3)32-15-25(21)36/h5-8,14-15,17-18,23-24,27,29,35-36H,9-13,16H2,1-4H3,(H,34,37)/b33-14+/t17-,18-,23?,24?,27-,29?,30?,31-/m1/s1. The minimum Gasteiger partial charge on any atom is -0.506 e. The van der Waals surface area contributed by atoms with Crippen molar-refractivity contribution >= 4 is 12.1 Å². The van der Waals surface area contributed by atoms with Gasteiger partial charge in [0.15, 0.2) is 0 Å². The van der Waals surface area contributed by atoms with Crippen LogP contribution in [-0.2, 0) is 21.1 Å². The van der Waals surface area contributed by atoms with Crippen molar-refractivity contribution < 1.29 is 34.3 Å². The van der Waals surface area contributed by atoms with Gasteiger partial charge in [0.25, 0.3) is 5.91 Å². The maximum atomic E-state index is 13.2. The summed E-state index contributed by atoms with van der Waals surface area (Å²) in [5, 5.41) is 23.9. The first-order valence-corrected chi connectivity index (χ1v) is 14.6. The SMILES string of the molecule is Cc1ncc(O)c(/C=N/NC(=O)c2ccccc2OC2O[C@@H]3CC4(C)CCC5[C@H](C)CCC([C@H]2C)[C@]53OO4)c1CO. The lowest BCUT2D eigenvalue weighted by molar-refractivity contribution is -0.493. The van der Waals surface area contributed by atoms with E-state index in [4.69, 9.17) is 19.2 Å². The van der Waals surface area contributed by atoms with Gasteiger partial charge < -0.3 is 19.7 Å². The van der Waals surface area contributed by atoms with Crippen LogP contribution in [0.1, 0.15) is 80.1 Å². The van der Waals surface area contributed by atoms with Crippen LogP contribution in [0.4, 0.5) is 0 Å². The van der Waals surface area contributed by atoms with E-state index in [0.29, 0.717) is 40.0 Å². The van der Waals surface area contributed by atoms with Crippen LogP contribution in [0, 0.1) is 30.6 Å². The number of aryl methyl sites for hydroxylation is 1. The number of aromatic hydroxyl groups is 1. The van der Waals surface area contributed by atoms with Crippen molar-refractivity contribution in [3.8, 4) is 11.5 Å². The predicted molar refractivity (Wildman–Crippen MR) is 149 cm³/mol. The third-order valence-corrected chi connectivity index (χ3v) is 9.94. The molecular formula is C31H39N3O7. The number of hydrogen-bond acceptors (Lipinski definition) is 9. The van der Waals surface area contributed by atoms with Crippen LogP contribution >= 0.6 is 0 Å². The van der Waals surface area contributed by atoms with E-state index in [1.807, 2.05) is 6.07 Å². The molecule has 8 atom stereocenters. The van der Waals surface area contributed by atoms with E-state index in [2.05, 4.69) is 36.3 Å². The number of nitrogens with one attached hydrogen (secondary N) is 1. The van der Waals surface area contributed by atoms with Gasteiger partial charge in [0.05, 0.1) is 30.7 Å². The van der Waals surface area contributed by atoms with Crippen LogP contribution in [0.2, 0.25) is 0 Å². The second-order valence-corrected chi connectivity index (χ2v) is 12.4. The Balaban J connectivity index is 1.22. The minimum absolute atomic E-state index is 0.0104. The molecule has 5 fully saturated rings. The van der Waals surface area contributed by atoms with Gasteiger partial charge in [0, 0.05) is 35.1 Å². The summed E-state index contributed by atoms with van der Waals surface area (Å²) in [6.45, 7) is 7.97. The Hall–Kier alpha value is -3.05. The van der Waals surface area contributed by atoms with Crippen molar-refractivity contribution in [2.75, 3.05) is 0 Å². The van der Waals surface area contributed by atoms with E-state index in [1.165, 1.54) is 12.4 Å². The van der Waals surface area contributed by atoms with Crippen molar-refractivity contribution in [1.29, 1.82) is 0 Å². The fourth-order valence-corrected chi connectivity index (χ4v) is 7.65. The monoisotopic (exact) mass is 565 g/mol. The van der Waals surface area contributed by atoms with Gasteiger partial charge in [0.1, 0.15) is 22.7 Å². The van der Waals surface area contributed by atoms with Crippen LogP contribution in [0.25, 0.3) is 0 Å². The lowest BCUT2D eigenvalue weighted by Gasteiger charge is -2.60. The third kappa shape index (κ3) is 4.70. The Kier molecular flexibility index (Phi) is 7.30. The number of fused-ring (bicyclic) bond motifs is 2. The number of benzene rings is 1. The number of aliphatic hydroxyl groups is 1. The first-order chi connectivity index (χ1) is 19.7. The van der Waals surface area contributed by atoms with Crippen molar-refractivity contribution in [3.05, 3.63) is 52.8 Å². The molecule has 1 amide bonds. The van der Waals surface area contributed by atoms with Gasteiger partial charge in [-0.2, -0.15) is 5.10 Å². The summed E-state index contributed by atoms with van der Waals surface area (Å²) in [6, 6.07) is 7.01. The van der Waals surface area contributed by atoms with E-state index in [9.17, 15) is 15.0 Å². The van der Waals surface area contributed by atoms with Crippen LogP contribution in [-0.4, -0.2) is 50.9 Å². The molecule has 1 aromatic carbocycles. The third-order valence-electron chi connectivity index (χ3n) is 9.94. The Morgan fingerprint density at radius 1 is 1.22 bits per heavy atom. The molecule has 1 aromatic heterocycles. The van der Waals surface area contributed by atoms with Gasteiger partial charge in [-0.15, -0.1) is 0 Å². The second kappa shape index (κ2) is 10.7. The molecule has 3 saturated heterocycles. The van der Waals surface area contributed by atoms with E-state index in [-0.39, 0.29) is 30.3 Å². The quantitative estimate of drug-likeness (QED) is 0.267. The van der Waals surface area contributed by atoms with Gasteiger partial charge in [-0.1, -0.05) is 26.0 Å². The Morgan fingerprint density at radius 2 is 2.02 bits per heavy atom. The molecular weight excluding hydrogens is 526 g/mol. The summed E-state index contributed by atoms with van der Waals surface area (Å²) in [5.74, 6) is 0.894. The number of aliphatic hydroxyl groups excluding tert-OH is 1. The molecule has 2 saturated carbocycles. The molecule has 3 aliphatic heterocycles. The summed E-state index contributed by atoms with van der Waals surface area (Å²) in [5.41, 5.74) is 3.23. The number of pyridine rings is 1. The molecule has 2 aromatic rings. The highest BCUT2D eigenvalue weighted by Gasteiger charge is 2.68. The number of carbonyl (C=O) groups is 1. The molecule has 7 rings (SSSR count). The maximum absolute atomic E-state index is 13.2. The van der Waals surface area contributed by atoms with Gasteiger partial charge in [0.2, 0.25) is 6.29 Å². The number of hydrazone groups is 1. The van der Waals surface area contributed by atoms with Gasteiger partial charge in [-0.05, 0) is 63.5 Å². The number of carbonyl (C=O) groups excluding carboxylic acids is 1. The number of para-hydroxylation sites is 1. The lowest BCUT2D eigenvalue weighted by Crippen LogP contribution is -2.70. The molecule has 0 radical (unpaired) electrons. The summed E-state index contributed by atoms with van der Waals surface area (Å²) in [7, 11) is 0. The molecule has 10 heteroatoms. The van der Waals surface area contributed by atoms with Crippen LogP contribution in [0.15, 0.2) is 35.6 Å². The number of hydrogen-bond donors (Lipinski definition) is 3. The number of nitrogens with zero attached hydrogens (tertiary/aromatic N) is 2. The zero-order valence-electron chi connectivity index (χ0n) is 24.0. The summed E-state index contributed by atoms with van der Waals surface area (Å²) in [6.07, 6.45) is 6.74. The maximum Gasteiger partial charge on any atom is 0.275 e. The number of aromatic nitrogens is 1. The zero-order valence-corrected chi connectivity index (χ0v) is 24.0. The molecule has 5 aliphatic rings. The normalized spacial score (nSPS) is 36.0. The first-order valence-electron chi connectivity index (χ1n) is 14.6. The molecule has 10 nitrogen and oxygen atoms in total.